The number of carbonyl (C=O) groups excluding carboxylic acids is 2. The average molecular weight is 250 g/mol. The number of thiophene rings is 2. The number of aliphatic imine (C=N–C) groups is 1. The van der Waals surface area contributed by atoms with Crippen LogP contribution in [0.25, 0.3) is 9.40 Å². The second-order valence-corrected chi connectivity index (χ2v) is 5.42. The van der Waals surface area contributed by atoms with Gasteiger partial charge in [-0.05, 0) is 22.4 Å². The molecule has 6 heteroatoms. The zero-order valence-electron chi connectivity index (χ0n) is 7.97. The van der Waals surface area contributed by atoms with Gasteiger partial charge in [-0.2, -0.15) is 0 Å². The fraction of sp³-hybridized carbons (Fsp3) is 0.100. The molecule has 1 N–H and O–H groups in total. The standard InChI is InChI=1S/C10H6N2O2S2/c13-8-6(3-11-10(14)12-8)7-4-16-9-5(7)1-2-15-9/h1-4,6H,(H,12,13,14). The van der Waals surface area contributed by atoms with Crippen LogP contribution in [0.1, 0.15) is 11.5 Å². The molecule has 0 saturated carbocycles. The third kappa shape index (κ3) is 1.38. The number of carbonyl (C=O) groups is 2. The molecule has 0 fully saturated rings. The molecule has 1 atom stereocenters. The van der Waals surface area contributed by atoms with Crippen molar-refractivity contribution in [1.29, 1.82) is 0 Å². The van der Waals surface area contributed by atoms with Gasteiger partial charge in [0.05, 0.1) is 4.01 Å². The first-order chi connectivity index (χ1) is 7.75. The Morgan fingerprint density at radius 1 is 1.31 bits per heavy atom. The van der Waals surface area contributed by atoms with Crippen molar-refractivity contribution in [2.24, 2.45) is 4.99 Å². The molecule has 0 saturated heterocycles. The van der Waals surface area contributed by atoms with Gasteiger partial charge in [-0.25, -0.2) is 9.79 Å². The maximum Gasteiger partial charge on any atom is 0.347 e. The normalized spacial score (nSPS) is 20.4. The summed E-state index contributed by atoms with van der Waals surface area (Å²) in [6, 6.07) is 1.40. The Morgan fingerprint density at radius 3 is 3.00 bits per heavy atom. The Labute approximate surface area is 98.6 Å². The maximum atomic E-state index is 11.7. The van der Waals surface area contributed by atoms with E-state index in [1.165, 1.54) is 10.2 Å². The molecule has 1 unspecified atom stereocenters. The van der Waals surface area contributed by atoms with Crippen LogP contribution in [0.4, 0.5) is 4.79 Å². The van der Waals surface area contributed by atoms with Gasteiger partial charge in [0.25, 0.3) is 0 Å². The predicted molar refractivity (Wildman–Crippen MR) is 64.5 cm³/mol. The van der Waals surface area contributed by atoms with Crippen molar-refractivity contribution < 1.29 is 9.59 Å². The molecule has 0 radical (unpaired) electrons. The van der Waals surface area contributed by atoms with Crippen LogP contribution in [0.15, 0.2) is 21.8 Å². The second kappa shape index (κ2) is 3.50. The quantitative estimate of drug-likeness (QED) is 0.844. The fourth-order valence-corrected chi connectivity index (χ4v) is 3.66. The summed E-state index contributed by atoms with van der Waals surface area (Å²) in [4.78, 5) is 26.2. The second-order valence-electron chi connectivity index (χ2n) is 3.36. The molecule has 2 aromatic heterocycles. The van der Waals surface area contributed by atoms with Crippen molar-refractivity contribution >= 4 is 50.2 Å². The van der Waals surface area contributed by atoms with Crippen molar-refractivity contribution in [3.05, 3.63) is 22.4 Å². The van der Waals surface area contributed by atoms with E-state index in [2.05, 4.69) is 10.3 Å². The van der Waals surface area contributed by atoms with E-state index in [-0.39, 0.29) is 5.91 Å². The smallest absolute Gasteiger partial charge is 0.275 e. The Bertz CT molecular complexity index is 611. The van der Waals surface area contributed by atoms with Crippen LogP contribution in [0.2, 0.25) is 0 Å². The summed E-state index contributed by atoms with van der Waals surface area (Å²) >= 11 is 3.26. The minimum absolute atomic E-state index is 0.300. The van der Waals surface area contributed by atoms with Crippen molar-refractivity contribution in [1.82, 2.24) is 5.32 Å². The molecule has 3 heterocycles. The molecule has 16 heavy (non-hydrogen) atoms. The molecule has 80 valence electrons. The highest BCUT2D eigenvalue weighted by Gasteiger charge is 2.26. The van der Waals surface area contributed by atoms with Crippen molar-refractivity contribution in [2.75, 3.05) is 0 Å². The van der Waals surface area contributed by atoms with Crippen LogP contribution in [-0.2, 0) is 4.79 Å². The highest BCUT2D eigenvalue weighted by atomic mass is 32.2. The number of rotatable bonds is 1. The molecule has 0 aromatic carbocycles. The molecule has 0 bridgehead atoms. The van der Waals surface area contributed by atoms with Crippen LogP contribution in [0.3, 0.4) is 0 Å². The SMILES string of the molecule is O=C1N=CC(c2csc3sccc23)C(=O)N1. The molecule has 4 nitrogen and oxygen atoms in total. The third-order valence-corrected chi connectivity index (χ3v) is 4.51. The number of hydrogen-bond donors (Lipinski definition) is 1. The van der Waals surface area contributed by atoms with E-state index in [4.69, 9.17) is 0 Å². The number of urea groups is 1. The van der Waals surface area contributed by atoms with Crippen molar-refractivity contribution in [3.63, 3.8) is 0 Å². The van der Waals surface area contributed by atoms with E-state index >= 15 is 0 Å². The van der Waals surface area contributed by atoms with Gasteiger partial charge in [-0.15, -0.1) is 22.7 Å². The number of nitrogens with one attached hydrogen (secondary N) is 1. The lowest BCUT2D eigenvalue weighted by molar-refractivity contribution is -0.120. The maximum absolute atomic E-state index is 11.7. The average Bonchev–Trinajstić information content (AvgIpc) is 2.80. The number of imide groups is 1. The Hall–Kier alpha value is -1.53. The fourth-order valence-electron chi connectivity index (χ4n) is 1.67. The van der Waals surface area contributed by atoms with E-state index < -0.39 is 11.9 Å². The summed E-state index contributed by atoms with van der Waals surface area (Å²) in [5, 5.41) is 7.23. The summed E-state index contributed by atoms with van der Waals surface area (Å²) in [7, 11) is 0. The lowest BCUT2D eigenvalue weighted by atomic mass is 9.99. The summed E-state index contributed by atoms with van der Waals surface area (Å²) in [6.07, 6.45) is 1.42. The molecular weight excluding hydrogens is 244 g/mol. The van der Waals surface area contributed by atoms with Crippen molar-refractivity contribution in [2.45, 2.75) is 5.92 Å². The topological polar surface area (TPSA) is 58.5 Å². The van der Waals surface area contributed by atoms with E-state index in [0.29, 0.717) is 0 Å². The number of hydrogen-bond acceptors (Lipinski definition) is 4. The number of amides is 3. The summed E-state index contributed by atoms with van der Waals surface area (Å²) in [6.45, 7) is 0. The number of nitrogens with zero attached hydrogens (tertiary/aromatic N) is 1. The zero-order valence-corrected chi connectivity index (χ0v) is 9.60. The lowest BCUT2D eigenvalue weighted by Gasteiger charge is -2.13. The zero-order chi connectivity index (χ0) is 11.1. The van der Waals surface area contributed by atoms with Crippen LogP contribution in [-0.4, -0.2) is 18.2 Å². The minimum Gasteiger partial charge on any atom is -0.275 e. The Balaban J connectivity index is 2.11. The molecule has 0 spiro atoms. The van der Waals surface area contributed by atoms with Gasteiger partial charge in [0, 0.05) is 11.6 Å². The molecule has 1 aliphatic rings. The first kappa shape index (κ1) is 9.68. The van der Waals surface area contributed by atoms with Gasteiger partial charge in [0.1, 0.15) is 5.92 Å². The van der Waals surface area contributed by atoms with Crippen LogP contribution in [0, 0.1) is 0 Å². The molecule has 3 amide bonds. The van der Waals surface area contributed by atoms with E-state index in [9.17, 15) is 9.59 Å². The van der Waals surface area contributed by atoms with Crippen molar-refractivity contribution in [3.8, 4) is 0 Å². The third-order valence-electron chi connectivity index (χ3n) is 2.42. The summed E-state index contributed by atoms with van der Waals surface area (Å²) < 4.78 is 1.19. The van der Waals surface area contributed by atoms with Gasteiger partial charge in [0.2, 0.25) is 5.91 Å². The summed E-state index contributed by atoms with van der Waals surface area (Å²) in [5.74, 6) is -0.744. The summed E-state index contributed by atoms with van der Waals surface area (Å²) in [5.41, 5.74) is 0.926. The van der Waals surface area contributed by atoms with E-state index in [0.717, 1.165) is 10.9 Å². The van der Waals surface area contributed by atoms with Gasteiger partial charge < -0.3 is 0 Å². The Morgan fingerprint density at radius 2 is 2.19 bits per heavy atom. The monoisotopic (exact) mass is 250 g/mol. The predicted octanol–water partition coefficient (Wildman–Crippen LogP) is 2.37. The van der Waals surface area contributed by atoms with Gasteiger partial charge in [-0.1, -0.05) is 0 Å². The van der Waals surface area contributed by atoms with Crippen LogP contribution >= 0.6 is 22.7 Å². The number of fused-ring (bicyclic) bond motifs is 1. The first-order valence-electron chi connectivity index (χ1n) is 4.59. The highest BCUT2D eigenvalue weighted by molar-refractivity contribution is 7.36. The molecular formula is C10H6N2O2S2. The van der Waals surface area contributed by atoms with Crippen LogP contribution < -0.4 is 5.32 Å². The van der Waals surface area contributed by atoms with Gasteiger partial charge in [0.15, 0.2) is 0 Å². The molecule has 2 aromatic rings. The molecule has 1 aliphatic heterocycles. The Kier molecular flexibility index (Phi) is 2.12. The van der Waals surface area contributed by atoms with Gasteiger partial charge in [-0.3, -0.25) is 10.1 Å². The largest absolute Gasteiger partial charge is 0.347 e. The minimum atomic E-state index is -0.585. The lowest BCUT2D eigenvalue weighted by Crippen LogP contribution is -2.37. The highest BCUT2D eigenvalue weighted by Crippen LogP contribution is 2.35. The van der Waals surface area contributed by atoms with Crippen LogP contribution in [0.5, 0.6) is 0 Å². The molecule has 0 aliphatic carbocycles. The molecule has 3 rings (SSSR count). The van der Waals surface area contributed by atoms with E-state index in [1.807, 2.05) is 16.8 Å². The first-order valence-corrected chi connectivity index (χ1v) is 6.35. The van der Waals surface area contributed by atoms with E-state index in [1.54, 1.807) is 22.7 Å². The van der Waals surface area contributed by atoms with Gasteiger partial charge >= 0.3 is 6.03 Å².